The molecule has 0 aromatic rings. The molecule has 0 amide bonds. The highest BCUT2D eigenvalue weighted by atomic mass is 32.2. The minimum atomic E-state index is -3.89. The van der Waals surface area contributed by atoms with Crippen molar-refractivity contribution in [2.45, 2.75) is 12.8 Å². The molecular weight excluding hydrogens is 188 g/mol. The van der Waals surface area contributed by atoms with Gasteiger partial charge in [0.15, 0.2) is 0 Å². The molecule has 4 heteroatoms. The first-order valence-corrected chi connectivity index (χ1v) is 5.60. The Morgan fingerprint density at radius 2 is 1.92 bits per heavy atom. The zero-order valence-corrected chi connectivity index (χ0v) is 8.33. The van der Waals surface area contributed by atoms with Crippen LogP contribution in [0.5, 0.6) is 0 Å². The molecule has 0 rings (SSSR count). The van der Waals surface area contributed by atoms with E-state index >= 15 is 0 Å². The molecular formula is C9H15O3S. The van der Waals surface area contributed by atoms with Gasteiger partial charge in [-0.3, -0.25) is 4.55 Å². The van der Waals surface area contributed by atoms with E-state index in [9.17, 15) is 8.42 Å². The van der Waals surface area contributed by atoms with Gasteiger partial charge >= 0.3 is 0 Å². The van der Waals surface area contributed by atoms with E-state index in [1.807, 2.05) is 6.42 Å². The molecule has 0 aromatic carbocycles. The Bertz CT molecular complexity index is 254. The van der Waals surface area contributed by atoms with E-state index < -0.39 is 10.1 Å². The lowest BCUT2D eigenvalue weighted by Gasteiger charge is -2.10. The molecule has 0 aliphatic carbocycles. The van der Waals surface area contributed by atoms with Gasteiger partial charge in [0, 0.05) is 0 Å². The summed E-state index contributed by atoms with van der Waals surface area (Å²) in [6.45, 7) is 7.04. The van der Waals surface area contributed by atoms with E-state index in [2.05, 4.69) is 13.2 Å². The van der Waals surface area contributed by atoms with E-state index in [4.69, 9.17) is 4.55 Å². The van der Waals surface area contributed by atoms with Crippen molar-refractivity contribution in [3.8, 4) is 0 Å². The predicted molar refractivity (Wildman–Crippen MR) is 53.8 cm³/mol. The lowest BCUT2D eigenvalue weighted by atomic mass is 10.0. The van der Waals surface area contributed by atoms with Crippen LogP contribution in [0.2, 0.25) is 0 Å². The molecule has 0 spiro atoms. The van der Waals surface area contributed by atoms with Crippen LogP contribution >= 0.6 is 0 Å². The largest absolute Gasteiger partial charge is 0.286 e. The molecule has 3 nitrogen and oxygen atoms in total. The first kappa shape index (κ1) is 12.4. The van der Waals surface area contributed by atoms with Crippen LogP contribution in [0.1, 0.15) is 12.8 Å². The van der Waals surface area contributed by atoms with Gasteiger partial charge in [-0.2, -0.15) is 8.42 Å². The number of allylic oxidation sites excluding steroid dienone is 2. The topological polar surface area (TPSA) is 54.4 Å². The lowest BCUT2D eigenvalue weighted by molar-refractivity contribution is 0.471. The summed E-state index contributed by atoms with van der Waals surface area (Å²) < 4.78 is 29.7. The molecule has 0 bridgehead atoms. The first-order chi connectivity index (χ1) is 5.99. The average Bonchev–Trinajstić information content (AvgIpc) is 1.98. The normalized spacial score (nSPS) is 13.6. The summed E-state index contributed by atoms with van der Waals surface area (Å²) in [5.74, 6) is -0.419. The second-order valence-corrected chi connectivity index (χ2v) is 4.29. The summed E-state index contributed by atoms with van der Waals surface area (Å²) in [4.78, 5) is 0. The Morgan fingerprint density at radius 1 is 1.31 bits per heavy atom. The summed E-state index contributed by atoms with van der Waals surface area (Å²) in [6, 6.07) is 0. The second kappa shape index (κ2) is 5.94. The molecule has 0 saturated heterocycles. The monoisotopic (exact) mass is 203 g/mol. The van der Waals surface area contributed by atoms with E-state index in [0.29, 0.717) is 12.8 Å². The van der Waals surface area contributed by atoms with Gasteiger partial charge in [-0.05, 0) is 25.2 Å². The van der Waals surface area contributed by atoms with E-state index in [0.717, 1.165) is 0 Å². The summed E-state index contributed by atoms with van der Waals surface area (Å²) >= 11 is 0. The Morgan fingerprint density at radius 3 is 2.31 bits per heavy atom. The molecule has 1 radical (unpaired) electrons. The maximum Gasteiger partial charge on any atom is 0.265 e. The lowest BCUT2D eigenvalue weighted by Crippen LogP contribution is -2.15. The fourth-order valence-corrected chi connectivity index (χ4v) is 1.82. The Hall–Kier alpha value is -0.610. The van der Waals surface area contributed by atoms with Crippen LogP contribution in [0.15, 0.2) is 25.3 Å². The molecule has 1 atom stereocenters. The number of hydrogen-bond acceptors (Lipinski definition) is 2. The van der Waals surface area contributed by atoms with Crippen LogP contribution < -0.4 is 0 Å². The smallest absolute Gasteiger partial charge is 0.265 e. The van der Waals surface area contributed by atoms with Gasteiger partial charge < -0.3 is 0 Å². The fraction of sp³-hybridized carbons (Fsp3) is 0.444. The Labute approximate surface area is 79.9 Å². The third-order valence-electron chi connectivity index (χ3n) is 1.53. The Kier molecular flexibility index (Phi) is 5.66. The molecule has 0 aliphatic rings. The maximum atomic E-state index is 10.6. The maximum absolute atomic E-state index is 10.6. The van der Waals surface area contributed by atoms with Gasteiger partial charge in [0.25, 0.3) is 10.1 Å². The fourth-order valence-electron chi connectivity index (χ4n) is 1.01. The second-order valence-electron chi connectivity index (χ2n) is 2.79. The average molecular weight is 203 g/mol. The standard InChI is InChI=1S/C9H15O3S/c1-3-5-7-9(6-4-2)8-13(10,11)12/h3-4,7,9H,1-2,5-6,8H2,(H,10,11,12). The molecule has 0 aliphatic heterocycles. The predicted octanol–water partition coefficient (Wildman–Crippen LogP) is 1.85. The highest BCUT2D eigenvalue weighted by Crippen LogP contribution is 2.13. The van der Waals surface area contributed by atoms with Crippen molar-refractivity contribution in [2.24, 2.45) is 5.92 Å². The minimum Gasteiger partial charge on any atom is -0.286 e. The number of hydrogen-bond donors (Lipinski definition) is 1. The quantitative estimate of drug-likeness (QED) is 0.507. The van der Waals surface area contributed by atoms with Gasteiger partial charge in [0.2, 0.25) is 0 Å². The highest BCUT2D eigenvalue weighted by Gasteiger charge is 2.14. The van der Waals surface area contributed by atoms with Crippen molar-refractivity contribution in [1.29, 1.82) is 0 Å². The van der Waals surface area contributed by atoms with Gasteiger partial charge in [-0.25, -0.2) is 0 Å². The molecule has 0 heterocycles. The van der Waals surface area contributed by atoms with Crippen molar-refractivity contribution >= 4 is 10.1 Å². The highest BCUT2D eigenvalue weighted by molar-refractivity contribution is 7.85. The van der Waals surface area contributed by atoms with Gasteiger partial charge in [0.05, 0.1) is 5.75 Å². The molecule has 75 valence electrons. The summed E-state index contributed by atoms with van der Waals surface area (Å²) in [6.07, 6.45) is 6.31. The van der Waals surface area contributed by atoms with Crippen molar-refractivity contribution < 1.29 is 13.0 Å². The molecule has 13 heavy (non-hydrogen) atoms. The zero-order valence-electron chi connectivity index (χ0n) is 7.52. The molecule has 1 unspecified atom stereocenters. The summed E-state index contributed by atoms with van der Waals surface area (Å²) in [5.41, 5.74) is 0. The van der Waals surface area contributed by atoms with Crippen LogP contribution in [0.3, 0.4) is 0 Å². The van der Waals surface area contributed by atoms with Crippen molar-refractivity contribution in [3.63, 3.8) is 0 Å². The van der Waals surface area contributed by atoms with Crippen molar-refractivity contribution in [2.75, 3.05) is 5.75 Å². The van der Waals surface area contributed by atoms with E-state index in [-0.39, 0.29) is 11.7 Å². The van der Waals surface area contributed by atoms with Gasteiger partial charge in [0.1, 0.15) is 0 Å². The van der Waals surface area contributed by atoms with Crippen LogP contribution in [-0.4, -0.2) is 18.7 Å². The molecule has 1 N–H and O–H groups in total. The van der Waals surface area contributed by atoms with E-state index in [1.54, 1.807) is 12.2 Å². The third-order valence-corrected chi connectivity index (χ3v) is 2.38. The minimum absolute atomic E-state index is 0.175. The SMILES string of the molecule is C=CC[CH]C(CC=C)CS(=O)(=O)O. The Balaban J connectivity index is 4.08. The summed E-state index contributed by atoms with van der Waals surface area (Å²) in [7, 11) is -3.89. The summed E-state index contributed by atoms with van der Waals surface area (Å²) in [5, 5.41) is 0. The zero-order chi connectivity index (χ0) is 10.3. The third kappa shape index (κ3) is 7.74. The van der Waals surface area contributed by atoms with Crippen LogP contribution in [0.25, 0.3) is 0 Å². The van der Waals surface area contributed by atoms with E-state index in [1.165, 1.54) is 0 Å². The van der Waals surface area contributed by atoms with Crippen molar-refractivity contribution in [1.82, 2.24) is 0 Å². The van der Waals surface area contributed by atoms with Crippen LogP contribution in [0, 0.1) is 12.3 Å². The van der Waals surface area contributed by atoms with Gasteiger partial charge in [-0.1, -0.05) is 12.2 Å². The number of rotatable bonds is 7. The van der Waals surface area contributed by atoms with Crippen molar-refractivity contribution in [3.05, 3.63) is 31.7 Å². The van der Waals surface area contributed by atoms with Gasteiger partial charge in [-0.15, -0.1) is 13.2 Å². The molecule has 0 aromatic heterocycles. The molecule has 0 saturated carbocycles. The first-order valence-electron chi connectivity index (χ1n) is 4.00. The van der Waals surface area contributed by atoms with Crippen LogP contribution in [0.4, 0.5) is 0 Å². The molecule has 0 fully saturated rings. The van der Waals surface area contributed by atoms with Crippen LogP contribution in [-0.2, 0) is 10.1 Å².